The molecule has 1 amide bonds. The average molecular weight is 302 g/mol. The molecular weight excluding hydrogens is 287 g/mol. The van der Waals surface area contributed by atoms with E-state index in [1.54, 1.807) is 13.0 Å². The maximum atomic E-state index is 13.3. The third-order valence-corrected chi connectivity index (χ3v) is 3.56. The molecule has 0 bridgehead atoms. The predicted molar refractivity (Wildman–Crippen MR) is 77.5 cm³/mol. The van der Waals surface area contributed by atoms with Gasteiger partial charge in [-0.15, -0.1) is 5.10 Å². The molecule has 2 heterocycles. The first-order valence-corrected chi connectivity index (χ1v) is 6.91. The summed E-state index contributed by atoms with van der Waals surface area (Å²) in [5.41, 5.74) is 1.84. The molecule has 22 heavy (non-hydrogen) atoms. The second-order valence-corrected chi connectivity index (χ2v) is 5.01. The highest BCUT2D eigenvalue weighted by Crippen LogP contribution is 2.19. The zero-order valence-corrected chi connectivity index (χ0v) is 12.0. The Morgan fingerprint density at radius 3 is 3.14 bits per heavy atom. The summed E-state index contributed by atoms with van der Waals surface area (Å²) >= 11 is 0. The van der Waals surface area contributed by atoms with Crippen LogP contribution >= 0.6 is 0 Å². The maximum Gasteiger partial charge on any atom is 0.244 e. The van der Waals surface area contributed by atoms with Crippen molar-refractivity contribution in [3.8, 4) is 0 Å². The molecule has 7 nitrogen and oxygen atoms in total. The molecule has 8 heteroatoms. The molecule has 2 N–H and O–H groups in total. The van der Waals surface area contributed by atoms with Gasteiger partial charge in [0.25, 0.3) is 0 Å². The normalized spacial score (nSPS) is 12.5. The van der Waals surface area contributed by atoms with E-state index in [9.17, 15) is 9.18 Å². The van der Waals surface area contributed by atoms with Crippen LogP contribution in [0.1, 0.15) is 18.5 Å². The smallest absolute Gasteiger partial charge is 0.244 e. The van der Waals surface area contributed by atoms with Crippen molar-refractivity contribution in [2.75, 3.05) is 6.54 Å². The van der Waals surface area contributed by atoms with Crippen LogP contribution in [0.2, 0.25) is 0 Å². The molecule has 0 fully saturated rings. The molecule has 1 aromatic carbocycles. The highest BCUT2D eigenvalue weighted by Gasteiger charge is 2.15. The molecular formula is C14H15FN6O. The van der Waals surface area contributed by atoms with E-state index in [2.05, 4.69) is 25.8 Å². The number of hydrogen-bond donors (Lipinski definition) is 2. The molecule has 114 valence electrons. The molecule has 2 aromatic heterocycles. The van der Waals surface area contributed by atoms with Gasteiger partial charge in [-0.1, -0.05) is 0 Å². The van der Waals surface area contributed by atoms with Crippen molar-refractivity contribution in [2.24, 2.45) is 0 Å². The van der Waals surface area contributed by atoms with Gasteiger partial charge in [0.1, 0.15) is 18.2 Å². The summed E-state index contributed by atoms with van der Waals surface area (Å²) in [5.74, 6) is -0.442. The lowest BCUT2D eigenvalue weighted by Gasteiger charge is -2.11. The van der Waals surface area contributed by atoms with E-state index in [0.717, 1.165) is 16.5 Å². The van der Waals surface area contributed by atoms with Crippen molar-refractivity contribution in [3.63, 3.8) is 0 Å². The summed E-state index contributed by atoms with van der Waals surface area (Å²) in [7, 11) is 0. The summed E-state index contributed by atoms with van der Waals surface area (Å²) in [6.07, 6.45) is 3.84. The van der Waals surface area contributed by atoms with Gasteiger partial charge in [-0.2, -0.15) is 0 Å². The van der Waals surface area contributed by atoms with Crippen LogP contribution in [0.25, 0.3) is 10.9 Å². The second-order valence-electron chi connectivity index (χ2n) is 5.01. The van der Waals surface area contributed by atoms with Gasteiger partial charge in [0, 0.05) is 23.6 Å². The van der Waals surface area contributed by atoms with Gasteiger partial charge in [-0.05, 0) is 47.5 Å². The number of hydrogen-bond acceptors (Lipinski definition) is 4. The number of nitrogens with one attached hydrogen (secondary N) is 2. The van der Waals surface area contributed by atoms with Crippen LogP contribution < -0.4 is 5.32 Å². The largest absolute Gasteiger partial charge is 0.361 e. The Balaban J connectivity index is 1.60. The molecule has 0 radical (unpaired) electrons. The highest BCUT2D eigenvalue weighted by atomic mass is 19.1. The number of H-pyrrole nitrogens is 1. The molecule has 0 aliphatic carbocycles. The third kappa shape index (κ3) is 2.80. The lowest BCUT2D eigenvalue weighted by atomic mass is 10.1. The number of tetrazole rings is 1. The van der Waals surface area contributed by atoms with Crippen molar-refractivity contribution in [2.45, 2.75) is 19.4 Å². The number of fused-ring (bicyclic) bond motifs is 1. The summed E-state index contributed by atoms with van der Waals surface area (Å²) in [5, 5.41) is 14.4. The summed E-state index contributed by atoms with van der Waals surface area (Å²) in [6.45, 7) is 2.17. The molecule has 0 aliphatic heterocycles. The quantitative estimate of drug-likeness (QED) is 0.741. The van der Waals surface area contributed by atoms with E-state index in [0.29, 0.717) is 13.0 Å². The fraction of sp³-hybridized carbons (Fsp3) is 0.286. The van der Waals surface area contributed by atoms with Crippen LogP contribution in [0.4, 0.5) is 4.39 Å². The summed E-state index contributed by atoms with van der Waals surface area (Å²) < 4.78 is 14.7. The Bertz CT molecular complexity index is 782. The first-order chi connectivity index (χ1) is 10.6. The monoisotopic (exact) mass is 302 g/mol. The fourth-order valence-corrected chi connectivity index (χ4v) is 2.29. The number of rotatable bonds is 5. The zero-order chi connectivity index (χ0) is 15.5. The number of carbonyl (C=O) groups is 1. The van der Waals surface area contributed by atoms with E-state index in [1.165, 1.54) is 23.1 Å². The zero-order valence-electron chi connectivity index (χ0n) is 12.0. The van der Waals surface area contributed by atoms with E-state index < -0.39 is 6.04 Å². The Morgan fingerprint density at radius 2 is 2.36 bits per heavy atom. The Hall–Kier alpha value is -2.77. The van der Waals surface area contributed by atoms with Gasteiger partial charge in [0.2, 0.25) is 5.91 Å². The topological polar surface area (TPSA) is 88.5 Å². The first kappa shape index (κ1) is 14.2. The van der Waals surface area contributed by atoms with Crippen molar-refractivity contribution in [1.29, 1.82) is 0 Å². The standard InChI is InChI=1S/C14H15FN6O/c1-9(21-8-18-19-20-21)14(22)16-5-4-10-7-17-13-3-2-11(15)6-12(10)13/h2-3,6-9,17H,4-5H2,1H3,(H,16,22). The van der Waals surface area contributed by atoms with Crippen LogP contribution in [-0.4, -0.2) is 37.6 Å². The van der Waals surface area contributed by atoms with Crippen LogP contribution in [0.5, 0.6) is 0 Å². The van der Waals surface area contributed by atoms with Crippen LogP contribution in [0.3, 0.4) is 0 Å². The summed E-state index contributed by atoms with van der Waals surface area (Å²) in [4.78, 5) is 15.1. The number of benzene rings is 1. The van der Waals surface area contributed by atoms with Gasteiger partial charge in [-0.25, -0.2) is 9.07 Å². The Labute approximate surface area is 125 Å². The van der Waals surface area contributed by atoms with Crippen molar-refractivity contribution < 1.29 is 9.18 Å². The highest BCUT2D eigenvalue weighted by molar-refractivity contribution is 5.83. The molecule has 0 aliphatic rings. The Morgan fingerprint density at radius 1 is 1.50 bits per heavy atom. The van der Waals surface area contributed by atoms with Gasteiger partial charge in [0.15, 0.2) is 0 Å². The number of aromatic nitrogens is 5. The van der Waals surface area contributed by atoms with Crippen LogP contribution in [0.15, 0.2) is 30.7 Å². The van der Waals surface area contributed by atoms with E-state index in [4.69, 9.17) is 0 Å². The molecule has 0 saturated carbocycles. The van der Waals surface area contributed by atoms with Crippen molar-refractivity contribution >= 4 is 16.8 Å². The molecule has 1 atom stereocenters. The van der Waals surface area contributed by atoms with E-state index >= 15 is 0 Å². The number of aromatic amines is 1. The number of amides is 1. The SMILES string of the molecule is CC(C(=O)NCCc1c[nH]c2ccc(F)cc12)n1cnnn1. The first-order valence-electron chi connectivity index (χ1n) is 6.91. The van der Waals surface area contributed by atoms with Gasteiger partial charge in [-0.3, -0.25) is 4.79 Å². The van der Waals surface area contributed by atoms with Crippen molar-refractivity contribution in [1.82, 2.24) is 30.5 Å². The number of nitrogens with zero attached hydrogens (tertiary/aromatic N) is 4. The molecule has 3 aromatic rings. The molecule has 0 saturated heterocycles. The maximum absolute atomic E-state index is 13.3. The fourth-order valence-electron chi connectivity index (χ4n) is 2.29. The minimum Gasteiger partial charge on any atom is -0.361 e. The minimum absolute atomic E-state index is 0.168. The second kappa shape index (κ2) is 5.92. The molecule has 0 spiro atoms. The molecule has 1 unspecified atom stereocenters. The molecule has 3 rings (SSSR count). The minimum atomic E-state index is -0.476. The van der Waals surface area contributed by atoms with Crippen LogP contribution in [-0.2, 0) is 11.2 Å². The summed E-state index contributed by atoms with van der Waals surface area (Å²) in [6, 6.07) is 4.13. The van der Waals surface area contributed by atoms with Gasteiger partial charge in [0.05, 0.1) is 0 Å². The lowest BCUT2D eigenvalue weighted by molar-refractivity contribution is -0.124. The average Bonchev–Trinajstić information content (AvgIpc) is 3.16. The number of carbonyl (C=O) groups excluding carboxylic acids is 1. The Kier molecular flexibility index (Phi) is 3.82. The predicted octanol–water partition coefficient (Wildman–Crippen LogP) is 1.21. The number of halogens is 1. The van der Waals surface area contributed by atoms with E-state index in [-0.39, 0.29) is 11.7 Å². The van der Waals surface area contributed by atoms with Crippen molar-refractivity contribution in [3.05, 3.63) is 42.1 Å². The third-order valence-electron chi connectivity index (χ3n) is 3.56. The van der Waals surface area contributed by atoms with E-state index in [1.807, 2.05) is 6.20 Å². The van der Waals surface area contributed by atoms with Crippen LogP contribution in [0, 0.1) is 5.82 Å². The lowest BCUT2D eigenvalue weighted by Crippen LogP contribution is -2.32. The van der Waals surface area contributed by atoms with Gasteiger partial charge < -0.3 is 10.3 Å². The van der Waals surface area contributed by atoms with Gasteiger partial charge >= 0.3 is 0 Å².